The highest BCUT2D eigenvalue weighted by molar-refractivity contribution is 5.48. The molecule has 5 heteroatoms. The first-order chi connectivity index (χ1) is 6.07. The van der Waals surface area contributed by atoms with Gasteiger partial charge in [-0.25, -0.2) is 8.78 Å². The van der Waals surface area contributed by atoms with Crippen LogP contribution in [-0.2, 0) is 0 Å². The number of nitriles is 1. The molecule has 1 N–H and O–H groups in total. The smallest absolute Gasteiger partial charge is 0.280 e. The zero-order valence-corrected chi connectivity index (χ0v) is 6.75. The maximum absolute atomic E-state index is 12.2. The van der Waals surface area contributed by atoms with Gasteiger partial charge in [-0.15, -0.1) is 0 Å². The second-order valence-electron chi connectivity index (χ2n) is 2.44. The van der Waals surface area contributed by atoms with E-state index in [9.17, 15) is 8.78 Å². The molecule has 0 unspecified atom stereocenters. The summed E-state index contributed by atoms with van der Waals surface area (Å²) in [6.45, 7) is 1.33. The van der Waals surface area contributed by atoms with Crippen molar-refractivity contribution >= 4 is 0 Å². The summed E-state index contributed by atoms with van der Waals surface area (Å²) in [5, 5.41) is 17.6. The molecule has 1 aromatic rings. The number of hydrogen-bond acceptors (Lipinski definition) is 3. The first-order valence-electron chi connectivity index (χ1n) is 3.44. The molecule has 0 fully saturated rings. The summed E-state index contributed by atoms with van der Waals surface area (Å²) in [6.07, 6.45) is -1.87. The van der Waals surface area contributed by atoms with Crippen LogP contribution in [0, 0.1) is 18.3 Å². The van der Waals surface area contributed by atoms with E-state index in [1.807, 2.05) is 0 Å². The van der Waals surface area contributed by atoms with Crippen LogP contribution >= 0.6 is 0 Å². The highest BCUT2D eigenvalue weighted by atomic mass is 19.3. The Balaban J connectivity index is 3.38. The quantitative estimate of drug-likeness (QED) is 0.725. The average molecular weight is 184 g/mol. The van der Waals surface area contributed by atoms with Gasteiger partial charge in [-0.05, 0) is 12.5 Å². The van der Waals surface area contributed by atoms with Crippen molar-refractivity contribution in [2.75, 3.05) is 0 Å². The van der Waals surface area contributed by atoms with Crippen molar-refractivity contribution in [2.24, 2.45) is 0 Å². The molecule has 0 saturated carbocycles. The number of aromatic nitrogens is 1. The van der Waals surface area contributed by atoms with Gasteiger partial charge in [-0.3, -0.25) is 4.98 Å². The lowest BCUT2D eigenvalue weighted by atomic mass is 10.1. The highest BCUT2D eigenvalue weighted by Gasteiger charge is 2.17. The van der Waals surface area contributed by atoms with E-state index in [-0.39, 0.29) is 16.9 Å². The van der Waals surface area contributed by atoms with Gasteiger partial charge >= 0.3 is 0 Å². The molecular weight excluding hydrogens is 178 g/mol. The lowest BCUT2D eigenvalue weighted by molar-refractivity contribution is 0.145. The Morgan fingerprint density at radius 2 is 2.23 bits per heavy atom. The monoisotopic (exact) mass is 184 g/mol. The number of aromatic hydroxyl groups is 1. The predicted molar refractivity (Wildman–Crippen MR) is 40.3 cm³/mol. The van der Waals surface area contributed by atoms with E-state index in [4.69, 9.17) is 10.4 Å². The third kappa shape index (κ3) is 1.56. The van der Waals surface area contributed by atoms with Crippen molar-refractivity contribution in [3.05, 3.63) is 23.0 Å². The van der Waals surface area contributed by atoms with Crippen LogP contribution in [0.5, 0.6) is 5.75 Å². The summed E-state index contributed by atoms with van der Waals surface area (Å²) in [5.74, 6) is -0.371. The molecule has 0 aromatic carbocycles. The summed E-state index contributed by atoms with van der Waals surface area (Å²) in [5.41, 5.74) is -0.586. The molecule has 0 amide bonds. The van der Waals surface area contributed by atoms with Crippen molar-refractivity contribution in [3.63, 3.8) is 0 Å². The predicted octanol–water partition coefficient (Wildman–Crippen LogP) is 1.90. The first kappa shape index (κ1) is 9.39. The molecule has 0 saturated heterocycles. The molecule has 0 aliphatic heterocycles. The number of rotatable bonds is 1. The molecule has 68 valence electrons. The van der Waals surface area contributed by atoms with E-state index in [2.05, 4.69) is 4.98 Å². The minimum Gasteiger partial charge on any atom is -0.505 e. The van der Waals surface area contributed by atoms with Crippen LogP contribution in [-0.4, -0.2) is 10.1 Å². The van der Waals surface area contributed by atoms with E-state index in [0.29, 0.717) is 0 Å². The minimum absolute atomic E-state index is 0.0255. The summed E-state index contributed by atoms with van der Waals surface area (Å²) >= 11 is 0. The summed E-state index contributed by atoms with van der Waals surface area (Å²) < 4.78 is 24.4. The fraction of sp³-hybridized carbons (Fsp3) is 0.250. The lowest BCUT2D eigenvalue weighted by Gasteiger charge is -2.05. The van der Waals surface area contributed by atoms with Crippen molar-refractivity contribution in [2.45, 2.75) is 13.3 Å². The Morgan fingerprint density at radius 3 is 2.69 bits per heavy atom. The van der Waals surface area contributed by atoms with Gasteiger partial charge in [-0.2, -0.15) is 5.26 Å². The van der Waals surface area contributed by atoms with Gasteiger partial charge < -0.3 is 5.11 Å². The first-order valence-corrected chi connectivity index (χ1v) is 3.44. The second-order valence-corrected chi connectivity index (χ2v) is 2.44. The van der Waals surface area contributed by atoms with Gasteiger partial charge in [-0.1, -0.05) is 0 Å². The molecule has 0 radical (unpaired) electrons. The van der Waals surface area contributed by atoms with Crippen molar-refractivity contribution in [3.8, 4) is 11.8 Å². The van der Waals surface area contributed by atoms with Crippen LogP contribution in [0.4, 0.5) is 8.78 Å². The maximum Gasteiger partial charge on any atom is 0.280 e. The molecule has 0 spiro atoms. The van der Waals surface area contributed by atoms with Crippen molar-refractivity contribution in [1.29, 1.82) is 5.26 Å². The highest BCUT2D eigenvalue weighted by Crippen LogP contribution is 2.26. The molecule has 1 heterocycles. The number of halogens is 2. The van der Waals surface area contributed by atoms with Crippen LogP contribution in [0.3, 0.4) is 0 Å². The van der Waals surface area contributed by atoms with Gasteiger partial charge in [0.05, 0.1) is 6.20 Å². The van der Waals surface area contributed by atoms with E-state index < -0.39 is 12.1 Å². The Morgan fingerprint density at radius 1 is 1.62 bits per heavy atom. The van der Waals surface area contributed by atoms with Crippen LogP contribution in [0.1, 0.15) is 23.2 Å². The van der Waals surface area contributed by atoms with Crippen LogP contribution in [0.15, 0.2) is 6.20 Å². The molecule has 0 aliphatic carbocycles. The molecule has 3 nitrogen and oxygen atoms in total. The zero-order valence-electron chi connectivity index (χ0n) is 6.75. The minimum atomic E-state index is -2.73. The Bertz CT molecular complexity index is 371. The maximum atomic E-state index is 12.2. The van der Waals surface area contributed by atoms with Crippen molar-refractivity contribution in [1.82, 2.24) is 4.98 Å². The molecule has 1 aromatic heterocycles. The van der Waals surface area contributed by atoms with Gasteiger partial charge in [0.1, 0.15) is 17.3 Å². The topological polar surface area (TPSA) is 56.9 Å². The zero-order chi connectivity index (χ0) is 10.0. The van der Waals surface area contributed by atoms with Gasteiger partial charge in [0.2, 0.25) is 0 Å². The fourth-order valence-corrected chi connectivity index (χ4v) is 0.973. The van der Waals surface area contributed by atoms with Gasteiger partial charge in [0.15, 0.2) is 5.75 Å². The van der Waals surface area contributed by atoms with E-state index in [1.165, 1.54) is 6.92 Å². The number of pyridine rings is 1. The standard InChI is InChI=1S/C8H6F2N2O/c1-4-5(2-11)6(13)3-12-7(4)8(9)10/h3,8,13H,1H3. The van der Waals surface area contributed by atoms with Crippen LogP contribution < -0.4 is 0 Å². The van der Waals surface area contributed by atoms with Gasteiger partial charge in [0.25, 0.3) is 6.43 Å². The third-order valence-electron chi connectivity index (χ3n) is 1.66. The molecule has 0 atom stereocenters. The number of hydrogen-bond donors (Lipinski definition) is 1. The molecule has 0 bridgehead atoms. The Kier molecular flexibility index (Phi) is 2.42. The summed E-state index contributed by atoms with van der Waals surface area (Å²) in [6, 6.07) is 1.64. The fourth-order valence-electron chi connectivity index (χ4n) is 0.973. The summed E-state index contributed by atoms with van der Waals surface area (Å²) in [7, 11) is 0. The molecule has 13 heavy (non-hydrogen) atoms. The van der Waals surface area contributed by atoms with Crippen molar-refractivity contribution < 1.29 is 13.9 Å². The van der Waals surface area contributed by atoms with Gasteiger partial charge in [0, 0.05) is 0 Å². The second kappa shape index (κ2) is 3.35. The Hall–Kier alpha value is -1.70. The van der Waals surface area contributed by atoms with Crippen LogP contribution in [0.2, 0.25) is 0 Å². The summed E-state index contributed by atoms with van der Waals surface area (Å²) in [4.78, 5) is 3.33. The molecule has 1 rings (SSSR count). The molecular formula is C8H6F2N2O. The van der Waals surface area contributed by atoms with E-state index in [0.717, 1.165) is 6.20 Å². The lowest BCUT2D eigenvalue weighted by Crippen LogP contribution is -1.97. The largest absolute Gasteiger partial charge is 0.505 e. The number of nitrogens with zero attached hydrogens (tertiary/aromatic N) is 2. The normalized spacial score (nSPS) is 10.1. The Labute approximate surface area is 73.3 Å². The van der Waals surface area contributed by atoms with E-state index >= 15 is 0 Å². The SMILES string of the molecule is Cc1c(C(F)F)ncc(O)c1C#N. The third-order valence-corrected chi connectivity index (χ3v) is 1.66. The molecule has 0 aliphatic rings. The van der Waals surface area contributed by atoms with E-state index in [1.54, 1.807) is 6.07 Å². The average Bonchev–Trinajstić information content (AvgIpc) is 2.04. The number of alkyl halides is 2. The van der Waals surface area contributed by atoms with Crippen LogP contribution in [0.25, 0.3) is 0 Å².